The fraction of sp³-hybridized carbons (Fsp3) is 0.583. The average Bonchev–Trinajstić information content (AvgIpc) is 3.00. The number of hydrogen-bond acceptors (Lipinski definition) is 4. The molecule has 1 saturated heterocycles. The largest absolute Gasteiger partial charge is 0.480 e. The van der Waals surface area contributed by atoms with Crippen molar-refractivity contribution in [2.75, 3.05) is 13.7 Å². The predicted molar refractivity (Wildman–Crippen MR) is 60.7 cm³/mol. The Labute approximate surface area is 99.8 Å². The summed E-state index contributed by atoms with van der Waals surface area (Å²) in [5.74, 6) is 1.15. The minimum absolute atomic E-state index is 0.00681. The van der Waals surface area contributed by atoms with Crippen molar-refractivity contribution in [2.24, 2.45) is 5.92 Å². The molecule has 1 aliphatic heterocycles. The van der Waals surface area contributed by atoms with Gasteiger partial charge in [-0.25, -0.2) is 0 Å². The second-order valence-corrected chi connectivity index (χ2v) is 4.75. The Kier molecular flexibility index (Phi) is 2.46. The van der Waals surface area contributed by atoms with Crippen molar-refractivity contribution in [3.8, 4) is 5.88 Å². The molecule has 2 fully saturated rings. The van der Waals surface area contributed by atoms with Crippen molar-refractivity contribution in [3.05, 3.63) is 17.8 Å². The molecule has 2 heterocycles. The predicted octanol–water partition coefficient (Wildman–Crippen LogP) is 1.11. The zero-order chi connectivity index (χ0) is 11.8. The van der Waals surface area contributed by atoms with Crippen molar-refractivity contribution in [1.82, 2.24) is 15.1 Å². The number of hydrogen-bond donors (Lipinski definition) is 0. The maximum Gasteiger partial charge on any atom is 0.274 e. The smallest absolute Gasteiger partial charge is 0.274 e. The van der Waals surface area contributed by atoms with Gasteiger partial charge in [-0.3, -0.25) is 4.79 Å². The quantitative estimate of drug-likeness (QED) is 0.767. The number of nitrogens with zero attached hydrogens (tertiary/aromatic N) is 3. The van der Waals surface area contributed by atoms with E-state index in [-0.39, 0.29) is 5.91 Å². The molecule has 2 atom stereocenters. The highest BCUT2D eigenvalue weighted by Gasteiger charge is 2.40. The highest BCUT2D eigenvalue weighted by atomic mass is 16.5. The second kappa shape index (κ2) is 3.98. The van der Waals surface area contributed by atoms with Gasteiger partial charge >= 0.3 is 0 Å². The van der Waals surface area contributed by atoms with Crippen LogP contribution in [0.5, 0.6) is 5.88 Å². The number of aromatic nitrogens is 2. The summed E-state index contributed by atoms with van der Waals surface area (Å²) in [6, 6.07) is 3.78. The Morgan fingerprint density at radius 2 is 2.29 bits per heavy atom. The lowest BCUT2D eigenvalue weighted by Gasteiger charge is -2.26. The molecule has 5 nitrogen and oxygen atoms in total. The van der Waals surface area contributed by atoms with E-state index in [0.29, 0.717) is 23.5 Å². The number of carbonyl (C=O) groups is 1. The Morgan fingerprint density at radius 3 is 2.82 bits per heavy atom. The number of amides is 1. The molecule has 0 spiro atoms. The van der Waals surface area contributed by atoms with Gasteiger partial charge in [0.15, 0.2) is 5.69 Å². The summed E-state index contributed by atoms with van der Waals surface area (Å²) in [7, 11) is 1.53. The third-order valence-electron chi connectivity index (χ3n) is 3.74. The molecule has 2 bridgehead atoms. The fourth-order valence-electron chi connectivity index (χ4n) is 2.86. The molecule has 5 heteroatoms. The third-order valence-corrected chi connectivity index (χ3v) is 3.74. The minimum atomic E-state index is 0.00681. The summed E-state index contributed by atoms with van der Waals surface area (Å²) >= 11 is 0. The van der Waals surface area contributed by atoms with Gasteiger partial charge in [0, 0.05) is 18.7 Å². The van der Waals surface area contributed by atoms with Crippen LogP contribution in [0.1, 0.15) is 29.8 Å². The molecule has 1 saturated carbocycles. The summed E-state index contributed by atoms with van der Waals surface area (Å²) in [4.78, 5) is 14.2. The first-order valence-corrected chi connectivity index (χ1v) is 5.96. The molecule has 1 aliphatic carbocycles. The zero-order valence-electron chi connectivity index (χ0n) is 9.80. The van der Waals surface area contributed by atoms with Gasteiger partial charge < -0.3 is 9.64 Å². The van der Waals surface area contributed by atoms with Crippen LogP contribution >= 0.6 is 0 Å². The summed E-state index contributed by atoms with van der Waals surface area (Å²) < 4.78 is 4.93. The van der Waals surface area contributed by atoms with Gasteiger partial charge in [0.25, 0.3) is 5.91 Å². The molecule has 1 amide bonds. The molecular weight excluding hydrogens is 218 g/mol. The van der Waals surface area contributed by atoms with Crippen LogP contribution in [0.15, 0.2) is 12.1 Å². The van der Waals surface area contributed by atoms with E-state index in [1.165, 1.54) is 13.5 Å². The lowest BCUT2D eigenvalue weighted by atomic mass is 10.1. The Hall–Kier alpha value is -1.65. The van der Waals surface area contributed by atoms with Gasteiger partial charge in [-0.05, 0) is 31.2 Å². The molecule has 2 aliphatic rings. The van der Waals surface area contributed by atoms with Crippen LogP contribution in [0.25, 0.3) is 0 Å². The number of fused-ring (bicyclic) bond motifs is 2. The van der Waals surface area contributed by atoms with Gasteiger partial charge in [-0.1, -0.05) is 0 Å². The average molecular weight is 233 g/mol. The van der Waals surface area contributed by atoms with E-state index < -0.39 is 0 Å². The maximum absolute atomic E-state index is 12.2. The van der Waals surface area contributed by atoms with Crippen LogP contribution in [-0.4, -0.2) is 40.7 Å². The molecule has 0 N–H and O–H groups in total. The number of piperidine rings is 1. The van der Waals surface area contributed by atoms with Gasteiger partial charge in [-0.2, -0.15) is 0 Å². The van der Waals surface area contributed by atoms with Crippen LogP contribution in [-0.2, 0) is 0 Å². The van der Waals surface area contributed by atoms with E-state index in [9.17, 15) is 4.79 Å². The molecule has 2 unspecified atom stereocenters. The molecule has 0 radical (unpaired) electrons. The molecule has 90 valence electrons. The standard InChI is InChI=1S/C12H15N3O2/c1-17-11-5-4-10(13-14-11)12(16)15-7-8-2-3-9(15)6-8/h4-5,8-9H,2-3,6-7H2,1H3. The van der Waals surface area contributed by atoms with Crippen LogP contribution in [0.2, 0.25) is 0 Å². The highest BCUT2D eigenvalue weighted by Crippen LogP contribution is 2.37. The van der Waals surface area contributed by atoms with Gasteiger partial charge in [0.2, 0.25) is 5.88 Å². The van der Waals surface area contributed by atoms with Crippen molar-refractivity contribution in [2.45, 2.75) is 25.3 Å². The second-order valence-electron chi connectivity index (χ2n) is 4.75. The van der Waals surface area contributed by atoms with Crippen molar-refractivity contribution in [1.29, 1.82) is 0 Å². The monoisotopic (exact) mass is 233 g/mol. The molecule has 1 aromatic rings. The normalized spacial score (nSPS) is 26.3. The third kappa shape index (κ3) is 1.75. The van der Waals surface area contributed by atoms with E-state index in [0.717, 1.165) is 19.4 Å². The van der Waals surface area contributed by atoms with Crippen LogP contribution < -0.4 is 4.74 Å². The minimum Gasteiger partial charge on any atom is -0.480 e. The van der Waals surface area contributed by atoms with Crippen molar-refractivity contribution < 1.29 is 9.53 Å². The number of rotatable bonds is 2. The highest BCUT2D eigenvalue weighted by molar-refractivity contribution is 5.92. The zero-order valence-corrected chi connectivity index (χ0v) is 9.80. The molecule has 17 heavy (non-hydrogen) atoms. The van der Waals surface area contributed by atoms with E-state index in [2.05, 4.69) is 10.2 Å². The lowest BCUT2D eigenvalue weighted by Crippen LogP contribution is -2.38. The first kappa shape index (κ1) is 10.5. The summed E-state index contributed by atoms with van der Waals surface area (Å²) in [5.41, 5.74) is 0.415. The molecular formula is C12H15N3O2. The van der Waals surface area contributed by atoms with Gasteiger partial charge in [0.1, 0.15) is 0 Å². The topological polar surface area (TPSA) is 55.3 Å². The lowest BCUT2D eigenvalue weighted by molar-refractivity contribution is 0.0696. The number of carbonyl (C=O) groups excluding carboxylic acids is 1. The van der Waals surface area contributed by atoms with Crippen molar-refractivity contribution >= 4 is 5.91 Å². The van der Waals surface area contributed by atoms with Crippen LogP contribution in [0.4, 0.5) is 0 Å². The van der Waals surface area contributed by atoms with Gasteiger partial charge in [0.05, 0.1) is 7.11 Å². The molecule has 0 aromatic carbocycles. The number of ether oxygens (including phenoxy) is 1. The van der Waals surface area contributed by atoms with Crippen LogP contribution in [0, 0.1) is 5.92 Å². The van der Waals surface area contributed by atoms with E-state index >= 15 is 0 Å². The Bertz CT molecular complexity index is 432. The van der Waals surface area contributed by atoms with E-state index in [4.69, 9.17) is 4.74 Å². The fourth-order valence-corrected chi connectivity index (χ4v) is 2.86. The Morgan fingerprint density at radius 1 is 1.41 bits per heavy atom. The summed E-state index contributed by atoms with van der Waals surface area (Å²) in [5, 5.41) is 7.74. The van der Waals surface area contributed by atoms with Gasteiger partial charge in [-0.15, -0.1) is 10.2 Å². The summed E-state index contributed by atoms with van der Waals surface area (Å²) in [6.07, 6.45) is 3.57. The molecule has 1 aromatic heterocycles. The Balaban J connectivity index is 1.77. The number of likely N-dealkylation sites (tertiary alicyclic amines) is 1. The summed E-state index contributed by atoms with van der Waals surface area (Å²) in [6.45, 7) is 0.886. The van der Waals surface area contributed by atoms with Crippen molar-refractivity contribution in [3.63, 3.8) is 0 Å². The first-order chi connectivity index (χ1) is 8.28. The SMILES string of the molecule is COc1ccc(C(=O)N2CC3CCC2C3)nn1. The number of methoxy groups -OCH3 is 1. The van der Waals surface area contributed by atoms with E-state index in [1.807, 2.05) is 4.90 Å². The van der Waals surface area contributed by atoms with Crippen LogP contribution in [0.3, 0.4) is 0 Å². The molecule has 3 rings (SSSR count). The maximum atomic E-state index is 12.2. The first-order valence-electron chi connectivity index (χ1n) is 5.96. The van der Waals surface area contributed by atoms with E-state index in [1.54, 1.807) is 12.1 Å².